The van der Waals surface area contributed by atoms with Gasteiger partial charge >= 0.3 is 6.09 Å². The minimum absolute atomic E-state index is 0.0630. The van der Waals surface area contributed by atoms with E-state index in [1.807, 2.05) is 6.92 Å². The number of unbranched alkanes of at least 4 members (excludes halogenated alkanes) is 3. The first-order chi connectivity index (χ1) is 14.0. The van der Waals surface area contributed by atoms with Crippen LogP contribution < -0.4 is 5.32 Å². The third-order valence-corrected chi connectivity index (χ3v) is 10.3. The van der Waals surface area contributed by atoms with Gasteiger partial charge in [-0.3, -0.25) is 9.69 Å². The number of amides is 2. The van der Waals surface area contributed by atoms with E-state index in [1.54, 1.807) is 4.90 Å². The van der Waals surface area contributed by atoms with Crippen molar-refractivity contribution in [3.8, 4) is 0 Å². The maximum absolute atomic E-state index is 12.5. The van der Waals surface area contributed by atoms with E-state index in [-0.39, 0.29) is 18.2 Å². The Kier molecular flexibility index (Phi) is 10.3. The molecule has 0 aromatic carbocycles. The van der Waals surface area contributed by atoms with Crippen LogP contribution in [0.15, 0.2) is 0 Å². The predicted molar refractivity (Wildman–Crippen MR) is 115 cm³/mol. The Morgan fingerprint density at radius 3 is 2.86 bits per heavy atom. The van der Waals surface area contributed by atoms with Gasteiger partial charge in [0.05, 0.1) is 8.80 Å². The normalized spacial score (nSPS) is 25.9. The molecule has 8 nitrogen and oxygen atoms in total. The lowest BCUT2D eigenvalue weighted by atomic mass is 10.2. The second-order valence-corrected chi connectivity index (χ2v) is 12.8. The Balaban J connectivity index is 1.79. The van der Waals surface area contributed by atoms with Gasteiger partial charge in [0, 0.05) is 31.8 Å². The molecule has 29 heavy (non-hydrogen) atoms. The van der Waals surface area contributed by atoms with Gasteiger partial charge in [0.2, 0.25) is 0 Å². The SMILES string of the molecule is CCO[SiH2]CCCN1C(=O)C1(COCCCCCC=O)OC(=O)NC1CC[SiH]1C. The Morgan fingerprint density at radius 2 is 2.21 bits per heavy atom. The summed E-state index contributed by atoms with van der Waals surface area (Å²) in [6.07, 6.45) is 5.39. The van der Waals surface area contributed by atoms with Crippen molar-refractivity contribution in [2.45, 2.75) is 75.5 Å². The largest absolute Gasteiger partial charge is 0.424 e. The van der Waals surface area contributed by atoms with Crippen molar-refractivity contribution in [2.75, 3.05) is 26.4 Å². The van der Waals surface area contributed by atoms with E-state index in [9.17, 15) is 14.4 Å². The molecule has 0 spiro atoms. The Morgan fingerprint density at radius 1 is 1.38 bits per heavy atom. The highest BCUT2D eigenvalue weighted by Crippen LogP contribution is 2.37. The van der Waals surface area contributed by atoms with Crippen LogP contribution in [0.3, 0.4) is 0 Å². The minimum Gasteiger partial charge on any atom is -0.424 e. The third-order valence-electron chi connectivity index (χ3n) is 5.68. The molecule has 1 N–H and O–H groups in total. The van der Waals surface area contributed by atoms with Gasteiger partial charge in [0.15, 0.2) is 9.76 Å². The van der Waals surface area contributed by atoms with Gasteiger partial charge in [-0.05, 0) is 38.7 Å². The molecule has 3 atom stereocenters. The molecule has 2 aliphatic heterocycles. The molecule has 10 heteroatoms. The summed E-state index contributed by atoms with van der Waals surface area (Å²) in [5.41, 5.74) is -1.01. The summed E-state index contributed by atoms with van der Waals surface area (Å²) in [6, 6.07) is 2.22. The molecule has 0 aromatic heterocycles. The molecule has 0 aliphatic carbocycles. The number of carbonyl (C=O) groups excluding carboxylic acids is 3. The Hall–Kier alpha value is -1.24. The van der Waals surface area contributed by atoms with E-state index in [0.717, 1.165) is 51.0 Å². The average molecular weight is 445 g/mol. The van der Waals surface area contributed by atoms with Crippen molar-refractivity contribution in [3.05, 3.63) is 0 Å². The van der Waals surface area contributed by atoms with Gasteiger partial charge < -0.3 is 24.0 Å². The lowest BCUT2D eigenvalue weighted by molar-refractivity contribution is -0.118. The van der Waals surface area contributed by atoms with Crippen LogP contribution in [0, 0.1) is 0 Å². The monoisotopic (exact) mass is 444 g/mol. The summed E-state index contributed by atoms with van der Waals surface area (Å²) >= 11 is 0. The van der Waals surface area contributed by atoms with Crippen molar-refractivity contribution < 1.29 is 28.3 Å². The summed E-state index contributed by atoms with van der Waals surface area (Å²) in [4.78, 5) is 36.8. The lowest BCUT2D eigenvalue weighted by Crippen LogP contribution is -2.52. The van der Waals surface area contributed by atoms with Crippen LogP contribution in [0.2, 0.25) is 18.6 Å². The maximum atomic E-state index is 12.5. The average Bonchev–Trinajstić information content (AvgIpc) is 3.25. The number of aldehydes is 1. The molecular formula is C19H36N2O6Si2. The molecule has 2 fully saturated rings. The van der Waals surface area contributed by atoms with Crippen LogP contribution in [0.1, 0.15) is 45.4 Å². The molecule has 0 aromatic rings. The second-order valence-electron chi connectivity index (χ2n) is 7.91. The molecule has 0 bridgehead atoms. The fraction of sp³-hybridized carbons (Fsp3) is 0.842. The van der Waals surface area contributed by atoms with Gasteiger partial charge in [-0.15, -0.1) is 0 Å². The number of nitrogens with zero attached hydrogens (tertiary/aromatic N) is 1. The first-order valence-electron chi connectivity index (χ1n) is 11.0. The number of rotatable bonds is 16. The van der Waals surface area contributed by atoms with Gasteiger partial charge in [0.25, 0.3) is 11.6 Å². The highest BCUT2D eigenvalue weighted by Gasteiger charge is 2.67. The quantitative estimate of drug-likeness (QED) is 0.166. The first-order valence-corrected chi connectivity index (χ1v) is 15.2. The molecule has 2 amide bonds. The highest BCUT2D eigenvalue weighted by molar-refractivity contribution is 6.62. The number of carbonyl (C=O) groups is 3. The highest BCUT2D eigenvalue weighted by atomic mass is 28.3. The Labute approximate surface area is 177 Å². The zero-order valence-corrected chi connectivity index (χ0v) is 20.4. The molecule has 2 heterocycles. The zero-order valence-electron chi connectivity index (χ0n) is 17.8. The number of hydrogen-bond acceptors (Lipinski definition) is 6. The number of nitrogens with one attached hydrogen (secondary N) is 1. The summed E-state index contributed by atoms with van der Waals surface area (Å²) < 4.78 is 16.8. The van der Waals surface area contributed by atoms with E-state index in [1.165, 1.54) is 6.04 Å². The first kappa shape index (κ1) is 24.0. The fourth-order valence-electron chi connectivity index (χ4n) is 3.49. The summed E-state index contributed by atoms with van der Waals surface area (Å²) in [5.74, 6) is -0.175. The van der Waals surface area contributed by atoms with E-state index in [0.29, 0.717) is 19.6 Å². The van der Waals surface area contributed by atoms with E-state index < -0.39 is 30.4 Å². The van der Waals surface area contributed by atoms with Crippen LogP contribution in [0.4, 0.5) is 4.79 Å². The second kappa shape index (κ2) is 12.5. The minimum atomic E-state index is -1.27. The molecule has 2 aliphatic rings. The van der Waals surface area contributed by atoms with Crippen molar-refractivity contribution >= 4 is 36.8 Å². The molecule has 0 radical (unpaired) electrons. The zero-order chi connectivity index (χ0) is 21.1. The van der Waals surface area contributed by atoms with Crippen LogP contribution in [0.5, 0.6) is 0 Å². The Bertz CT molecular complexity index is 553. The molecule has 166 valence electrons. The summed E-state index contributed by atoms with van der Waals surface area (Å²) in [5, 5.41) is 2.93. The molecular weight excluding hydrogens is 408 g/mol. The van der Waals surface area contributed by atoms with Gasteiger partial charge in [-0.25, -0.2) is 4.79 Å². The standard InChI is InChI=1S/C19H36N2O6Si2/c1-3-26-28-13-8-10-21-17(23)19(21,15-25-12-7-5-4-6-11-22)27-18(24)20-16-9-14-29(16)2/h11,16,29H,3-10,12-15,28H2,1-2H3,(H,20,24). The van der Waals surface area contributed by atoms with Gasteiger partial charge in [-0.2, -0.15) is 0 Å². The summed E-state index contributed by atoms with van der Waals surface area (Å²) in [7, 11) is -1.40. The number of alkyl carbamates (subject to hydrolysis) is 1. The van der Waals surface area contributed by atoms with E-state index in [2.05, 4.69) is 11.9 Å². The topological polar surface area (TPSA) is 93.9 Å². The smallest absolute Gasteiger partial charge is 0.409 e. The fourth-order valence-corrected chi connectivity index (χ4v) is 6.17. The number of ether oxygens (including phenoxy) is 2. The lowest BCUT2D eigenvalue weighted by Gasteiger charge is -2.33. The van der Waals surface area contributed by atoms with Gasteiger partial charge in [0.1, 0.15) is 12.9 Å². The molecule has 2 saturated heterocycles. The maximum Gasteiger partial charge on any atom is 0.409 e. The van der Waals surface area contributed by atoms with Crippen LogP contribution >= 0.6 is 0 Å². The van der Waals surface area contributed by atoms with Crippen LogP contribution in [-0.2, 0) is 23.5 Å². The van der Waals surface area contributed by atoms with E-state index in [4.69, 9.17) is 13.9 Å². The van der Waals surface area contributed by atoms with E-state index >= 15 is 0 Å². The van der Waals surface area contributed by atoms with Crippen molar-refractivity contribution in [2.24, 2.45) is 0 Å². The number of hydrogen-bond donors (Lipinski definition) is 1. The van der Waals surface area contributed by atoms with Crippen LogP contribution in [-0.4, -0.2) is 79.5 Å². The summed E-state index contributed by atoms with van der Waals surface area (Å²) in [6.45, 7) is 6.06. The van der Waals surface area contributed by atoms with Gasteiger partial charge in [-0.1, -0.05) is 19.0 Å². The van der Waals surface area contributed by atoms with Crippen LogP contribution in [0.25, 0.3) is 0 Å². The predicted octanol–water partition coefficient (Wildman–Crippen LogP) is 1.12. The molecule has 2 rings (SSSR count). The van der Waals surface area contributed by atoms with Crippen molar-refractivity contribution in [3.63, 3.8) is 0 Å². The van der Waals surface area contributed by atoms with Crippen molar-refractivity contribution in [1.29, 1.82) is 0 Å². The third kappa shape index (κ3) is 7.19. The van der Waals surface area contributed by atoms with Crippen molar-refractivity contribution in [1.82, 2.24) is 10.2 Å². The molecule has 0 saturated carbocycles. The molecule has 3 unspecified atom stereocenters.